The molecule has 0 aliphatic heterocycles. The first-order valence-electron chi connectivity index (χ1n) is 5.25. The van der Waals surface area contributed by atoms with Gasteiger partial charge in [0.25, 0.3) is 0 Å². The van der Waals surface area contributed by atoms with Gasteiger partial charge in [0.1, 0.15) is 17.3 Å². The Morgan fingerprint density at radius 2 is 2.33 bits per heavy atom. The Morgan fingerprint density at radius 3 is 3.00 bits per heavy atom. The first-order valence-corrected chi connectivity index (χ1v) is 5.25. The lowest BCUT2D eigenvalue weighted by Crippen LogP contribution is -2.08. The van der Waals surface area contributed by atoms with Gasteiger partial charge in [0.15, 0.2) is 5.69 Å². The molecule has 94 valence electrons. The molecule has 0 spiro atoms. The monoisotopic (exact) mass is 248 g/mol. The van der Waals surface area contributed by atoms with Gasteiger partial charge in [-0.3, -0.25) is 4.98 Å². The van der Waals surface area contributed by atoms with Crippen molar-refractivity contribution >= 4 is 11.8 Å². The van der Waals surface area contributed by atoms with Crippen molar-refractivity contribution in [2.24, 2.45) is 0 Å². The maximum Gasteiger partial charge on any atom is 0.358 e. The number of methoxy groups -OCH3 is 1. The van der Waals surface area contributed by atoms with Crippen LogP contribution in [0.25, 0.3) is 0 Å². The van der Waals surface area contributed by atoms with Crippen LogP contribution in [0.3, 0.4) is 0 Å². The van der Waals surface area contributed by atoms with Gasteiger partial charge < -0.3 is 14.6 Å². The van der Waals surface area contributed by atoms with E-state index in [-0.39, 0.29) is 5.69 Å². The molecular formula is C11H12N4O3. The molecule has 0 aromatic carbocycles. The molecular weight excluding hydrogens is 236 g/mol. The predicted octanol–water partition coefficient (Wildman–Crippen LogP) is 1.17. The van der Waals surface area contributed by atoms with Crippen molar-refractivity contribution in [3.63, 3.8) is 0 Å². The first kappa shape index (κ1) is 12.0. The number of aryl methyl sites for hydroxylation is 1. The zero-order valence-electron chi connectivity index (χ0n) is 10.0. The van der Waals surface area contributed by atoms with Crippen LogP contribution < -0.4 is 5.32 Å². The molecule has 18 heavy (non-hydrogen) atoms. The fourth-order valence-electron chi connectivity index (χ4n) is 1.34. The van der Waals surface area contributed by atoms with Crippen LogP contribution in [0.5, 0.6) is 0 Å². The van der Waals surface area contributed by atoms with E-state index >= 15 is 0 Å². The fraction of sp³-hybridized carbons (Fsp3) is 0.273. The zero-order valence-corrected chi connectivity index (χ0v) is 10.0. The van der Waals surface area contributed by atoms with Gasteiger partial charge in [-0.25, -0.2) is 9.78 Å². The van der Waals surface area contributed by atoms with Crippen molar-refractivity contribution in [2.75, 3.05) is 12.4 Å². The molecule has 2 aromatic rings. The van der Waals surface area contributed by atoms with Gasteiger partial charge in [-0.15, -0.1) is 0 Å². The molecule has 0 saturated heterocycles. The minimum Gasteiger partial charge on any atom is -0.464 e. The van der Waals surface area contributed by atoms with E-state index in [4.69, 9.17) is 4.52 Å². The summed E-state index contributed by atoms with van der Waals surface area (Å²) in [5.41, 5.74) is 0.900. The highest BCUT2D eigenvalue weighted by atomic mass is 16.5. The molecule has 0 saturated carbocycles. The molecule has 0 bridgehead atoms. The fourth-order valence-corrected chi connectivity index (χ4v) is 1.34. The maximum atomic E-state index is 11.3. The second-order valence-corrected chi connectivity index (χ2v) is 3.56. The normalized spacial score (nSPS) is 10.1. The molecule has 2 aromatic heterocycles. The van der Waals surface area contributed by atoms with E-state index in [1.54, 1.807) is 0 Å². The lowest BCUT2D eigenvalue weighted by Gasteiger charge is -2.03. The molecule has 0 radical (unpaired) electrons. The first-order chi connectivity index (χ1) is 8.69. The summed E-state index contributed by atoms with van der Waals surface area (Å²) in [4.78, 5) is 19.2. The number of carbonyl (C=O) groups excluding carboxylic acids is 1. The predicted molar refractivity (Wildman–Crippen MR) is 61.9 cm³/mol. The number of nitrogens with zero attached hydrogens (tertiary/aromatic N) is 3. The number of rotatable bonds is 4. The third-order valence-corrected chi connectivity index (χ3v) is 2.16. The van der Waals surface area contributed by atoms with Crippen molar-refractivity contribution in [2.45, 2.75) is 13.5 Å². The molecule has 0 fully saturated rings. The van der Waals surface area contributed by atoms with Crippen molar-refractivity contribution in [1.82, 2.24) is 15.1 Å². The highest BCUT2D eigenvalue weighted by Crippen LogP contribution is 2.07. The van der Waals surface area contributed by atoms with E-state index in [0.29, 0.717) is 12.4 Å². The molecule has 0 amide bonds. The van der Waals surface area contributed by atoms with Gasteiger partial charge in [0.2, 0.25) is 0 Å². The van der Waals surface area contributed by atoms with E-state index in [1.165, 1.54) is 19.5 Å². The molecule has 0 aliphatic carbocycles. The van der Waals surface area contributed by atoms with Crippen molar-refractivity contribution in [3.05, 3.63) is 35.6 Å². The van der Waals surface area contributed by atoms with Crippen molar-refractivity contribution < 1.29 is 14.1 Å². The largest absolute Gasteiger partial charge is 0.464 e. The highest BCUT2D eigenvalue weighted by molar-refractivity contribution is 5.87. The Bertz CT molecular complexity index is 553. The molecule has 2 heterocycles. The van der Waals surface area contributed by atoms with E-state index in [0.717, 1.165) is 11.5 Å². The number of hydrogen-bond acceptors (Lipinski definition) is 7. The maximum absolute atomic E-state index is 11.3. The van der Waals surface area contributed by atoms with Gasteiger partial charge in [0.05, 0.1) is 26.0 Å². The summed E-state index contributed by atoms with van der Waals surface area (Å²) >= 11 is 0. The van der Waals surface area contributed by atoms with Gasteiger partial charge >= 0.3 is 5.97 Å². The van der Waals surface area contributed by atoms with Gasteiger partial charge in [-0.2, -0.15) is 0 Å². The second-order valence-electron chi connectivity index (χ2n) is 3.56. The van der Waals surface area contributed by atoms with Crippen molar-refractivity contribution in [1.29, 1.82) is 0 Å². The van der Waals surface area contributed by atoms with Crippen molar-refractivity contribution in [3.8, 4) is 0 Å². The van der Waals surface area contributed by atoms with E-state index in [2.05, 4.69) is 25.2 Å². The molecule has 7 heteroatoms. The quantitative estimate of drug-likeness (QED) is 0.812. The average molecular weight is 248 g/mol. The SMILES string of the molecule is COC(=O)c1cncc(NCc2cc(C)on2)n1. The Hall–Kier alpha value is -2.44. The summed E-state index contributed by atoms with van der Waals surface area (Å²) in [6, 6.07) is 1.81. The van der Waals surface area contributed by atoms with E-state index in [1.807, 2.05) is 13.0 Å². The molecule has 0 aliphatic rings. The molecule has 1 N–H and O–H groups in total. The Balaban J connectivity index is 2.03. The smallest absolute Gasteiger partial charge is 0.358 e. The third-order valence-electron chi connectivity index (χ3n) is 2.16. The number of anilines is 1. The lowest BCUT2D eigenvalue weighted by atomic mass is 10.4. The number of ether oxygens (including phenoxy) is 1. The van der Waals surface area contributed by atoms with Crippen LogP contribution >= 0.6 is 0 Å². The number of esters is 1. The zero-order chi connectivity index (χ0) is 13.0. The van der Waals surface area contributed by atoms with Crippen LogP contribution in [0.15, 0.2) is 23.0 Å². The van der Waals surface area contributed by atoms with Crippen LogP contribution in [0.4, 0.5) is 5.82 Å². The summed E-state index contributed by atoms with van der Waals surface area (Å²) in [6.07, 6.45) is 2.86. The van der Waals surface area contributed by atoms with Crippen LogP contribution in [0.2, 0.25) is 0 Å². The van der Waals surface area contributed by atoms with Gasteiger partial charge in [-0.05, 0) is 6.92 Å². The molecule has 2 rings (SSSR count). The standard InChI is InChI=1S/C11H12N4O3/c1-7-3-8(15-18-7)4-13-10-6-12-5-9(14-10)11(16)17-2/h3,5-6H,4H2,1-2H3,(H,13,14). The van der Waals surface area contributed by atoms with Gasteiger partial charge in [-0.1, -0.05) is 5.16 Å². The molecule has 7 nitrogen and oxygen atoms in total. The summed E-state index contributed by atoms with van der Waals surface area (Å²) in [5.74, 6) is 0.683. The van der Waals surface area contributed by atoms with Crippen LogP contribution in [-0.4, -0.2) is 28.2 Å². The molecule has 0 unspecified atom stereocenters. The van der Waals surface area contributed by atoms with Crippen LogP contribution in [0, 0.1) is 6.92 Å². The summed E-state index contributed by atoms with van der Waals surface area (Å²) in [6.45, 7) is 2.25. The summed E-state index contributed by atoms with van der Waals surface area (Å²) in [5, 5.41) is 6.82. The van der Waals surface area contributed by atoms with Crippen LogP contribution in [0.1, 0.15) is 21.9 Å². The summed E-state index contributed by atoms with van der Waals surface area (Å²) < 4.78 is 9.49. The third kappa shape index (κ3) is 2.82. The summed E-state index contributed by atoms with van der Waals surface area (Å²) in [7, 11) is 1.29. The second kappa shape index (κ2) is 5.26. The van der Waals surface area contributed by atoms with Crippen LogP contribution in [-0.2, 0) is 11.3 Å². The number of hydrogen-bond donors (Lipinski definition) is 1. The Morgan fingerprint density at radius 1 is 1.50 bits per heavy atom. The van der Waals surface area contributed by atoms with E-state index < -0.39 is 5.97 Å². The van der Waals surface area contributed by atoms with E-state index in [9.17, 15) is 4.79 Å². The average Bonchev–Trinajstić information content (AvgIpc) is 2.81. The Kier molecular flexibility index (Phi) is 3.52. The highest BCUT2D eigenvalue weighted by Gasteiger charge is 2.08. The minimum absolute atomic E-state index is 0.152. The van der Waals surface area contributed by atoms with Gasteiger partial charge in [0, 0.05) is 6.07 Å². The Labute approximate surface area is 103 Å². The number of carbonyl (C=O) groups is 1. The lowest BCUT2D eigenvalue weighted by molar-refractivity contribution is 0.0593. The molecule has 0 atom stereocenters. The number of aromatic nitrogens is 3. The minimum atomic E-state index is -0.525. The number of nitrogens with one attached hydrogen (secondary N) is 1. The topological polar surface area (TPSA) is 90.1 Å².